The number of unbranched alkanes of at least 4 members (excludes halogenated alkanes) is 14. The van der Waals surface area contributed by atoms with Crippen LogP contribution in [-0.2, 0) is 47.5 Å². The van der Waals surface area contributed by atoms with Gasteiger partial charge in [0.05, 0.1) is 92.3 Å². The molecule has 0 aromatic heterocycles. The van der Waals surface area contributed by atoms with Crippen LogP contribution in [0.3, 0.4) is 0 Å². The second-order valence-corrected chi connectivity index (χ2v) is 11.1. The normalized spacial score (nSPS) is 11.2. The first kappa shape index (κ1) is 43.7. The van der Waals surface area contributed by atoms with E-state index in [1.807, 2.05) is 0 Å². The molecular weight excluding hydrogens is 580 g/mol. The number of carbonyl (C=O) groups excluding carboxylic acids is 2. The quantitative estimate of drug-likeness (QED) is 0.0521. The third kappa shape index (κ3) is 38.8. The molecule has 0 radical (unpaired) electrons. The van der Waals surface area contributed by atoms with Crippen LogP contribution in [0.15, 0.2) is 0 Å². The lowest BCUT2D eigenvalue weighted by molar-refractivity contribution is -0.146. The van der Waals surface area contributed by atoms with Gasteiger partial charge >= 0.3 is 11.9 Å². The number of ether oxygens (including phenoxy) is 8. The average molecular weight is 649 g/mol. The predicted octanol–water partition coefficient (Wildman–Crippen LogP) is 6.84. The van der Waals surface area contributed by atoms with Crippen LogP contribution >= 0.6 is 0 Å². The molecule has 0 fully saturated rings. The highest BCUT2D eigenvalue weighted by atomic mass is 16.6. The summed E-state index contributed by atoms with van der Waals surface area (Å²) in [6, 6.07) is 0. The van der Waals surface area contributed by atoms with Gasteiger partial charge in [-0.25, -0.2) is 0 Å². The van der Waals surface area contributed by atoms with Gasteiger partial charge in [0.1, 0.15) is 6.61 Å². The van der Waals surface area contributed by atoms with Crippen LogP contribution in [-0.4, -0.2) is 104 Å². The highest BCUT2D eigenvalue weighted by Crippen LogP contribution is 2.13. The van der Waals surface area contributed by atoms with Gasteiger partial charge in [0.2, 0.25) is 0 Å². The third-order valence-electron chi connectivity index (χ3n) is 7.09. The van der Waals surface area contributed by atoms with Gasteiger partial charge in [-0.2, -0.15) is 0 Å². The Labute approximate surface area is 274 Å². The van der Waals surface area contributed by atoms with Gasteiger partial charge < -0.3 is 37.9 Å². The van der Waals surface area contributed by atoms with Gasteiger partial charge in [-0.15, -0.1) is 0 Å². The molecule has 10 nitrogen and oxygen atoms in total. The maximum absolute atomic E-state index is 11.9. The van der Waals surface area contributed by atoms with Crippen molar-refractivity contribution in [3.05, 3.63) is 0 Å². The molecule has 0 saturated heterocycles. The zero-order chi connectivity index (χ0) is 32.7. The van der Waals surface area contributed by atoms with Crippen molar-refractivity contribution >= 4 is 11.9 Å². The smallest absolute Gasteiger partial charge is 0.308 e. The van der Waals surface area contributed by atoms with Gasteiger partial charge in [-0.05, 0) is 13.3 Å². The maximum atomic E-state index is 11.9. The second-order valence-electron chi connectivity index (χ2n) is 11.1. The lowest BCUT2D eigenvalue weighted by atomic mass is 10.0. The summed E-state index contributed by atoms with van der Waals surface area (Å²) in [4.78, 5) is 23.0. The molecule has 45 heavy (non-hydrogen) atoms. The van der Waals surface area contributed by atoms with E-state index in [1.165, 1.54) is 83.5 Å². The van der Waals surface area contributed by atoms with Crippen molar-refractivity contribution in [2.45, 2.75) is 123 Å². The summed E-state index contributed by atoms with van der Waals surface area (Å²) in [6.45, 7) is 10.2. The van der Waals surface area contributed by atoms with E-state index in [9.17, 15) is 9.59 Å². The topological polar surface area (TPSA) is 108 Å². The van der Waals surface area contributed by atoms with Crippen molar-refractivity contribution < 1.29 is 47.5 Å². The lowest BCUT2D eigenvalue weighted by Gasteiger charge is -2.08. The minimum Gasteiger partial charge on any atom is -0.466 e. The largest absolute Gasteiger partial charge is 0.466 e. The van der Waals surface area contributed by atoms with E-state index in [1.54, 1.807) is 6.92 Å². The van der Waals surface area contributed by atoms with Gasteiger partial charge in [0.25, 0.3) is 0 Å². The first-order valence-electron chi connectivity index (χ1n) is 18.0. The minimum absolute atomic E-state index is 0.132. The summed E-state index contributed by atoms with van der Waals surface area (Å²) in [7, 11) is 0. The lowest BCUT2D eigenvalue weighted by Crippen LogP contribution is -2.15. The third-order valence-corrected chi connectivity index (χ3v) is 7.09. The van der Waals surface area contributed by atoms with Crippen molar-refractivity contribution in [2.75, 3.05) is 92.5 Å². The Morgan fingerprint density at radius 2 is 0.644 bits per heavy atom. The molecule has 0 rings (SSSR count). The summed E-state index contributed by atoms with van der Waals surface area (Å²) in [5.41, 5.74) is 0. The second kappa shape index (κ2) is 38.9. The van der Waals surface area contributed by atoms with Gasteiger partial charge in [0.15, 0.2) is 0 Å². The molecule has 268 valence electrons. The number of rotatable bonds is 38. The standard InChI is InChI=1S/C35H68O10/c1-3-5-6-7-8-9-10-11-12-13-14-15-16-17-18-19-34(36)45-33-32-43-31-30-42-29-28-41-27-26-40-25-24-39-23-22-38-21-20-35(37)44-4-2/h3-33H2,1-2H3. The number of carbonyl (C=O) groups is 2. The zero-order valence-corrected chi connectivity index (χ0v) is 29.0. The van der Waals surface area contributed by atoms with E-state index >= 15 is 0 Å². The molecule has 0 amide bonds. The molecule has 10 heteroatoms. The van der Waals surface area contributed by atoms with Crippen molar-refractivity contribution in [3.63, 3.8) is 0 Å². The van der Waals surface area contributed by atoms with Crippen molar-refractivity contribution in [1.82, 2.24) is 0 Å². The molecule has 0 aliphatic carbocycles. The molecule has 0 aromatic carbocycles. The Kier molecular flexibility index (Phi) is 37.8. The number of esters is 2. The van der Waals surface area contributed by atoms with Crippen LogP contribution in [0.5, 0.6) is 0 Å². The summed E-state index contributed by atoms with van der Waals surface area (Å²) in [5.74, 6) is -0.381. The number of hydrogen-bond donors (Lipinski definition) is 0. The van der Waals surface area contributed by atoms with Crippen LogP contribution in [0.25, 0.3) is 0 Å². The van der Waals surface area contributed by atoms with E-state index in [2.05, 4.69) is 6.92 Å². The highest BCUT2D eigenvalue weighted by Gasteiger charge is 2.03. The van der Waals surface area contributed by atoms with Crippen LogP contribution in [0.2, 0.25) is 0 Å². The molecule has 0 N–H and O–H groups in total. The van der Waals surface area contributed by atoms with Gasteiger partial charge in [-0.3, -0.25) is 9.59 Å². The van der Waals surface area contributed by atoms with Crippen LogP contribution in [0, 0.1) is 0 Å². The summed E-state index contributed by atoms with van der Waals surface area (Å²) < 4.78 is 42.6. The van der Waals surface area contributed by atoms with Crippen molar-refractivity contribution in [2.24, 2.45) is 0 Å². The molecule has 0 bridgehead atoms. The first-order valence-corrected chi connectivity index (χ1v) is 18.0. The summed E-state index contributed by atoms with van der Waals surface area (Å²) in [6.07, 6.45) is 20.5. The molecular formula is C35H68O10. The van der Waals surface area contributed by atoms with E-state index in [-0.39, 0.29) is 25.0 Å². The Morgan fingerprint density at radius 3 is 1.02 bits per heavy atom. The van der Waals surface area contributed by atoms with E-state index in [4.69, 9.17) is 37.9 Å². The van der Waals surface area contributed by atoms with E-state index < -0.39 is 0 Å². The van der Waals surface area contributed by atoms with Gasteiger partial charge in [-0.1, -0.05) is 96.8 Å². The molecule has 0 aliphatic heterocycles. The van der Waals surface area contributed by atoms with Crippen LogP contribution < -0.4 is 0 Å². The molecule has 0 heterocycles. The molecule has 0 aliphatic rings. The maximum Gasteiger partial charge on any atom is 0.308 e. The summed E-state index contributed by atoms with van der Waals surface area (Å²) >= 11 is 0. The minimum atomic E-state index is -0.249. The van der Waals surface area contributed by atoms with Crippen molar-refractivity contribution in [3.8, 4) is 0 Å². The fraction of sp³-hybridized carbons (Fsp3) is 0.943. The Hall–Kier alpha value is -1.30. The zero-order valence-electron chi connectivity index (χ0n) is 29.0. The monoisotopic (exact) mass is 648 g/mol. The first-order chi connectivity index (χ1) is 22.2. The average Bonchev–Trinajstić information content (AvgIpc) is 3.03. The highest BCUT2D eigenvalue weighted by molar-refractivity contribution is 5.69. The molecule has 0 aromatic rings. The summed E-state index contributed by atoms with van der Waals surface area (Å²) in [5, 5.41) is 0. The predicted molar refractivity (Wildman–Crippen MR) is 177 cm³/mol. The Balaban J connectivity index is 3.16. The Morgan fingerprint density at radius 1 is 0.333 bits per heavy atom. The fourth-order valence-electron chi connectivity index (χ4n) is 4.52. The van der Waals surface area contributed by atoms with E-state index in [0.717, 1.165) is 12.8 Å². The fourth-order valence-corrected chi connectivity index (χ4v) is 4.52. The van der Waals surface area contributed by atoms with Crippen LogP contribution in [0.4, 0.5) is 0 Å². The molecule has 0 saturated carbocycles. The van der Waals surface area contributed by atoms with E-state index in [0.29, 0.717) is 92.3 Å². The van der Waals surface area contributed by atoms with Crippen LogP contribution in [0.1, 0.15) is 123 Å². The molecule has 0 unspecified atom stereocenters. The molecule has 0 atom stereocenters. The Bertz CT molecular complexity index is 605. The molecule has 0 spiro atoms. The van der Waals surface area contributed by atoms with Crippen molar-refractivity contribution in [1.29, 1.82) is 0 Å². The van der Waals surface area contributed by atoms with Gasteiger partial charge in [0, 0.05) is 6.42 Å². The SMILES string of the molecule is CCCCCCCCCCCCCCCCCC(=O)OCCOCCOCCOCCOCCOCCOCCC(=O)OCC. The number of hydrogen-bond acceptors (Lipinski definition) is 10.